The molecule has 1 aromatic heterocycles. The third kappa shape index (κ3) is 4.00. The molecule has 1 aliphatic rings. The van der Waals surface area contributed by atoms with Crippen molar-refractivity contribution in [2.45, 2.75) is 36.6 Å². The van der Waals surface area contributed by atoms with Crippen LogP contribution in [-0.4, -0.2) is 44.1 Å². The first kappa shape index (κ1) is 14.9. The smallest absolute Gasteiger partial charge is 0.250 e. The lowest BCUT2D eigenvalue weighted by atomic mass is 10.4. The Bertz CT molecular complexity index is 509. The molecule has 5 nitrogen and oxygen atoms in total. The molecular formula is C12H20N2O3S2. The zero-order valence-corrected chi connectivity index (χ0v) is 12.6. The number of hydrogen-bond acceptors (Lipinski definition) is 5. The number of nitrogens with one attached hydrogen (secondary N) is 1. The summed E-state index contributed by atoms with van der Waals surface area (Å²) in [5.41, 5.74) is 0. The Morgan fingerprint density at radius 2 is 2.21 bits per heavy atom. The molecule has 0 saturated heterocycles. The summed E-state index contributed by atoms with van der Waals surface area (Å²) in [6, 6.07) is 3.83. The van der Waals surface area contributed by atoms with E-state index in [4.69, 9.17) is 5.11 Å². The van der Waals surface area contributed by atoms with Gasteiger partial charge in [0, 0.05) is 24.0 Å². The summed E-state index contributed by atoms with van der Waals surface area (Å²) >= 11 is 1.11. The highest BCUT2D eigenvalue weighted by molar-refractivity contribution is 7.91. The zero-order valence-electron chi connectivity index (χ0n) is 11.0. The van der Waals surface area contributed by atoms with Crippen molar-refractivity contribution in [2.75, 3.05) is 19.6 Å². The lowest BCUT2D eigenvalue weighted by Crippen LogP contribution is -2.35. The molecule has 7 heteroatoms. The molecule has 0 amide bonds. The summed E-state index contributed by atoms with van der Waals surface area (Å²) in [5, 5.41) is 8.95. The molecule has 1 heterocycles. The molecule has 2 rings (SSSR count). The third-order valence-corrected chi connectivity index (χ3v) is 6.24. The first-order chi connectivity index (χ1) is 9.06. The van der Waals surface area contributed by atoms with Crippen molar-refractivity contribution in [3.8, 4) is 0 Å². The fourth-order valence-electron chi connectivity index (χ4n) is 2.02. The lowest BCUT2D eigenvalue weighted by molar-refractivity contribution is 0.282. The molecule has 2 N–H and O–H groups in total. The number of nitrogens with zero attached hydrogens (tertiary/aromatic N) is 1. The molecule has 19 heavy (non-hydrogen) atoms. The third-order valence-electron chi connectivity index (χ3n) is 3.22. The van der Waals surface area contributed by atoms with Crippen LogP contribution in [0.5, 0.6) is 0 Å². The predicted molar refractivity (Wildman–Crippen MR) is 75.7 cm³/mol. The summed E-state index contributed by atoms with van der Waals surface area (Å²) in [6.07, 6.45) is 2.46. The maximum absolute atomic E-state index is 12.0. The topological polar surface area (TPSA) is 69.6 Å². The molecule has 1 saturated carbocycles. The van der Waals surface area contributed by atoms with Crippen LogP contribution in [0, 0.1) is 0 Å². The minimum atomic E-state index is -3.43. The van der Waals surface area contributed by atoms with Gasteiger partial charge in [-0.3, -0.25) is 4.90 Å². The molecule has 0 bridgehead atoms. The Kier molecular flexibility index (Phi) is 4.97. The summed E-state index contributed by atoms with van der Waals surface area (Å²) < 4.78 is 26.9. The van der Waals surface area contributed by atoms with Crippen molar-refractivity contribution in [2.24, 2.45) is 0 Å². The van der Waals surface area contributed by atoms with Gasteiger partial charge in [0.1, 0.15) is 4.21 Å². The zero-order chi connectivity index (χ0) is 13.9. The number of aliphatic hydroxyl groups excluding tert-OH is 1. The Labute approximate surface area is 118 Å². The molecule has 1 fully saturated rings. The van der Waals surface area contributed by atoms with Gasteiger partial charge in [0.15, 0.2) is 0 Å². The van der Waals surface area contributed by atoms with Crippen LogP contribution in [0.2, 0.25) is 0 Å². The van der Waals surface area contributed by atoms with E-state index in [-0.39, 0.29) is 10.8 Å². The number of hydrogen-bond donors (Lipinski definition) is 2. The summed E-state index contributed by atoms with van der Waals surface area (Å²) in [6.45, 7) is 4.11. The summed E-state index contributed by atoms with van der Waals surface area (Å²) in [7, 11) is -3.43. The SMILES string of the molecule is CCN(CCNS(=O)(=O)c1ccc(CO)s1)C1CC1. The Balaban J connectivity index is 1.86. The van der Waals surface area contributed by atoms with E-state index in [2.05, 4.69) is 16.5 Å². The average molecular weight is 304 g/mol. The van der Waals surface area contributed by atoms with Gasteiger partial charge in [-0.05, 0) is 31.5 Å². The van der Waals surface area contributed by atoms with Crippen LogP contribution in [0.4, 0.5) is 0 Å². The second kappa shape index (κ2) is 6.32. The Morgan fingerprint density at radius 1 is 1.47 bits per heavy atom. The van der Waals surface area contributed by atoms with Gasteiger partial charge >= 0.3 is 0 Å². The number of aliphatic hydroxyl groups is 1. The lowest BCUT2D eigenvalue weighted by Gasteiger charge is -2.19. The molecule has 0 unspecified atom stereocenters. The molecule has 108 valence electrons. The highest BCUT2D eigenvalue weighted by atomic mass is 32.2. The molecule has 1 aromatic rings. The van der Waals surface area contributed by atoms with Crippen LogP contribution in [0.25, 0.3) is 0 Å². The fourth-order valence-corrected chi connectivity index (χ4v) is 4.30. The standard InChI is InChI=1S/C12H20N2O3S2/c1-2-14(10-3-4-10)8-7-13-19(16,17)12-6-5-11(9-15)18-12/h5-6,10,13,15H,2-4,7-9H2,1H3. The first-order valence-electron chi connectivity index (χ1n) is 6.50. The minimum Gasteiger partial charge on any atom is -0.391 e. The van der Waals surface area contributed by atoms with E-state index in [1.807, 2.05) is 0 Å². The van der Waals surface area contributed by atoms with Gasteiger partial charge in [-0.25, -0.2) is 13.1 Å². The van der Waals surface area contributed by atoms with Gasteiger partial charge in [-0.15, -0.1) is 11.3 Å². The normalized spacial score (nSPS) is 16.2. The van der Waals surface area contributed by atoms with E-state index in [0.29, 0.717) is 17.5 Å². The van der Waals surface area contributed by atoms with Crippen LogP contribution < -0.4 is 4.72 Å². The van der Waals surface area contributed by atoms with Crippen LogP contribution in [-0.2, 0) is 16.6 Å². The summed E-state index contributed by atoms with van der Waals surface area (Å²) in [4.78, 5) is 2.96. The largest absolute Gasteiger partial charge is 0.391 e. The number of rotatable bonds is 8. The molecule has 0 spiro atoms. The first-order valence-corrected chi connectivity index (χ1v) is 8.80. The minimum absolute atomic E-state index is 0.120. The molecule has 0 aliphatic heterocycles. The maximum atomic E-state index is 12.0. The molecule has 0 atom stereocenters. The van der Waals surface area contributed by atoms with Gasteiger partial charge in [0.05, 0.1) is 6.61 Å². The summed E-state index contributed by atoms with van der Waals surface area (Å²) in [5.74, 6) is 0. The van der Waals surface area contributed by atoms with E-state index < -0.39 is 10.0 Å². The van der Waals surface area contributed by atoms with Gasteiger partial charge in [0.2, 0.25) is 10.0 Å². The van der Waals surface area contributed by atoms with Gasteiger partial charge in [0.25, 0.3) is 0 Å². The maximum Gasteiger partial charge on any atom is 0.250 e. The monoisotopic (exact) mass is 304 g/mol. The number of sulfonamides is 1. The van der Waals surface area contributed by atoms with E-state index in [9.17, 15) is 8.42 Å². The van der Waals surface area contributed by atoms with Crippen molar-refractivity contribution < 1.29 is 13.5 Å². The van der Waals surface area contributed by atoms with Gasteiger partial charge < -0.3 is 5.11 Å². The predicted octanol–water partition coefficient (Wildman–Crippen LogP) is 1.00. The van der Waals surface area contributed by atoms with Crippen molar-refractivity contribution >= 4 is 21.4 Å². The molecule has 1 aliphatic carbocycles. The van der Waals surface area contributed by atoms with Gasteiger partial charge in [-0.1, -0.05) is 6.92 Å². The number of likely N-dealkylation sites (N-methyl/N-ethyl adjacent to an activating group) is 1. The van der Waals surface area contributed by atoms with Crippen LogP contribution in [0.3, 0.4) is 0 Å². The van der Waals surface area contributed by atoms with E-state index in [1.54, 1.807) is 6.07 Å². The quantitative estimate of drug-likeness (QED) is 0.752. The molecule has 0 radical (unpaired) electrons. The Hall–Kier alpha value is -0.470. The molecular weight excluding hydrogens is 284 g/mol. The molecule has 0 aromatic carbocycles. The van der Waals surface area contributed by atoms with Crippen LogP contribution in [0.15, 0.2) is 16.3 Å². The van der Waals surface area contributed by atoms with E-state index >= 15 is 0 Å². The average Bonchev–Trinajstić information content (AvgIpc) is 3.10. The fraction of sp³-hybridized carbons (Fsp3) is 0.667. The Morgan fingerprint density at radius 3 is 2.74 bits per heavy atom. The van der Waals surface area contributed by atoms with Crippen molar-refractivity contribution in [1.82, 2.24) is 9.62 Å². The van der Waals surface area contributed by atoms with Crippen molar-refractivity contribution in [1.29, 1.82) is 0 Å². The van der Waals surface area contributed by atoms with Crippen molar-refractivity contribution in [3.05, 3.63) is 17.0 Å². The van der Waals surface area contributed by atoms with Crippen LogP contribution >= 0.6 is 11.3 Å². The van der Waals surface area contributed by atoms with Crippen molar-refractivity contribution in [3.63, 3.8) is 0 Å². The highest BCUT2D eigenvalue weighted by Crippen LogP contribution is 2.26. The van der Waals surface area contributed by atoms with Gasteiger partial charge in [-0.2, -0.15) is 0 Å². The number of thiophene rings is 1. The second-order valence-electron chi connectivity index (χ2n) is 4.64. The van der Waals surface area contributed by atoms with Crippen LogP contribution in [0.1, 0.15) is 24.6 Å². The van der Waals surface area contributed by atoms with E-state index in [1.165, 1.54) is 18.9 Å². The second-order valence-corrected chi connectivity index (χ2v) is 7.80. The highest BCUT2D eigenvalue weighted by Gasteiger charge is 2.27. The van der Waals surface area contributed by atoms with E-state index in [0.717, 1.165) is 24.4 Å².